The molecule has 10 heteroatoms. The fourth-order valence-corrected chi connectivity index (χ4v) is 5.77. The van der Waals surface area contributed by atoms with Crippen LogP contribution in [0, 0.1) is 0 Å². The number of carbonyl (C=O) groups excluding carboxylic acids is 2. The Morgan fingerprint density at radius 3 is 2.02 bits per heavy atom. The van der Waals surface area contributed by atoms with Crippen molar-refractivity contribution in [2.75, 3.05) is 32.8 Å². The lowest BCUT2D eigenvalue weighted by atomic mass is 9.93. The van der Waals surface area contributed by atoms with Crippen LogP contribution in [-0.4, -0.2) is 71.4 Å². The van der Waals surface area contributed by atoms with Crippen LogP contribution >= 0.6 is 23.2 Å². The van der Waals surface area contributed by atoms with Gasteiger partial charge in [-0.3, -0.25) is 14.7 Å². The zero-order valence-corrected chi connectivity index (χ0v) is 26.3. The van der Waals surface area contributed by atoms with Gasteiger partial charge in [0.25, 0.3) is 0 Å². The summed E-state index contributed by atoms with van der Waals surface area (Å²) < 4.78 is 12.1. The summed E-state index contributed by atoms with van der Waals surface area (Å²) in [5.74, 6) is 1.74. The van der Waals surface area contributed by atoms with E-state index in [-0.39, 0.29) is 18.0 Å². The normalized spacial score (nSPS) is 18.6. The van der Waals surface area contributed by atoms with Gasteiger partial charge in [0.05, 0.1) is 24.3 Å². The van der Waals surface area contributed by atoms with E-state index in [1.165, 1.54) is 0 Å². The summed E-state index contributed by atoms with van der Waals surface area (Å²) in [6.45, 7) is 9.68. The quantitative estimate of drug-likeness (QED) is 0.284. The summed E-state index contributed by atoms with van der Waals surface area (Å²) in [6.07, 6.45) is -0.124. The Bertz CT molecular complexity index is 1490. The van der Waals surface area contributed by atoms with Crippen molar-refractivity contribution in [1.29, 1.82) is 0 Å². The fourth-order valence-electron chi connectivity index (χ4n) is 5.51. The Morgan fingerprint density at radius 2 is 1.47 bits per heavy atom. The first-order valence-electron chi connectivity index (χ1n) is 14.5. The first-order chi connectivity index (χ1) is 20.7. The largest absolute Gasteiger partial charge is 0.494 e. The molecule has 226 valence electrons. The van der Waals surface area contributed by atoms with Crippen LogP contribution < -0.4 is 9.47 Å². The molecule has 0 N–H and O–H groups in total. The van der Waals surface area contributed by atoms with E-state index in [1.54, 1.807) is 21.6 Å². The van der Waals surface area contributed by atoms with Gasteiger partial charge < -0.3 is 19.3 Å². The molecule has 0 bridgehead atoms. The molecule has 5 rings (SSSR count). The average Bonchev–Trinajstić information content (AvgIpc) is 3.38. The molecule has 0 aromatic heterocycles. The minimum atomic E-state index is -0.481. The minimum Gasteiger partial charge on any atom is -0.494 e. The van der Waals surface area contributed by atoms with Crippen LogP contribution in [0.1, 0.15) is 56.5 Å². The summed E-state index contributed by atoms with van der Waals surface area (Å²) in [6, 6.07) is 19.6. The number of hydrogen-bond donors (Lipinski definition) is 0. The number of amidine groups is 1. The predicted molar refractivity (Wildman–Crippen MR) is 169 cm³/mol. The second-order valence-corrected chi connectivity index (χ2v) is 11.7. The van der Waals surface area contributed by atoms with Crippen molar-refractivity contribution in [2.24, 2.45) is 4.99 Å². The van der Waals surface area contributed by atoms with Gasteiger partial charge in [-0.25, -0.2) is 4.79 Å². The van der Waals surface area contributed by atoms with E-state index in [4.69, 9.17) is 37.7 Å². The lowest BCUT2D eigenvalue weighted by molar-refractivity contribution is -0.130. The van der Waals surface area contributed by atoms with Gasteiger partial charge in [0, 0.05) is 49.2 Å². The van der Waals surface area contributed by atoms with Crippen molar-refractivity contribution in [3.05, 3.63) is 93.5 Å². The maximum absolute atomic E-state index is 14.6. The van der Waals surface area contributed by atoms with Crippen molar-refractivity contribution in [1.82, 2.24) is 14.7 Å². The van der Waals surface area contributed by atoms with Gasteiger partial charge in [-0.05, 0) is 68.3 Å². The lowest BCUT2D eigenvalue weighted by Gasteiger charge is -2.39. The van der Waals surface area contributed by atoms with E-state index < -0.39 is 12.1 Å². The maximum Gasteiger partial charge on any atom is 0.326 e. The molecular formula is C33H36Cl2N4O4. The number of benzene rings is 3. The predicted octanol–water partition coefficient (Wildman–Crippen LogP) is 7.01. The van der Waals surface area contributed by atoms with Crippen molar-refractivity contribution >= 4 is 41.0 Å². The SMILES string of the molecule is CCOc1ccc(C2=NC(c3ccc(Cl)cc3)C(c3ccc(Cl)cc3)N2C(=O)N2CCN(C(C)=O)CC2)c(OC(C)C)c1. The highest BCUT2D eigenvalue weighted by molar-refractivity contribution is 6.30. The topological polar surface area (TPSA) is 74.7 Å². The maximum atomic E-state index is 14.6. The summed E-state index contributed by atoms with van der Waals surface area (Å²) in [5, 5.41) is 1.22. The van der Waals surface area contributed by atoms with E-state index in [2.05, 4.69) is 0 Å². The molecule has 0 spiro atoms. The molecule has 2 unspecified atom stereocenters. The van der Waals surface area contributed by atoms with Crippen molar-refractivity contribution in [3.8, 4) is 11.5 Å². The molecule has 0 radical (unpaired) electrons. The fraction of sp³-hybridized carbons (Fsp3) is 0.364. The van der Waals surface area contributed by atoms with Crippen LogP contribution in [0.3, 0.4) is 0 Å². The van der Waals surface area contributed by atoms with Crippen LogP contribution in [-0.2, 0) is 4.79 Å². The molecule has 0 saturated carbocycles. The van der Waals surface area contributed by atoms with Crippen LogP contribution in [0.4, 0.5) is 4.79 Å². The van der Waals surface area contributed by atoms with E-state index in [1.807, 2.05) is 87.5 Å². The highest BCUT2D eigenvalue weighted by Crippen LogP contribution is 2.46. The molecule has 2 aliphatic heterocycles. The molecule has 2 atom stereocenters. The second kappa shape index (κ2) is 13.3. The number of nitrogens with zero attached hydrogens (tertiary/aromatic N) is 4. The van der Waals surface area contributed by atoms with Gasteiger partial charge in [-0.15, -0.1) is 0 Å². The van der Waals surface area contributed by atoms with E-state index in [0.29, 0.717) is 65.7 Å². The smallest absolute Gasteiger partial charge is 0.326 e. The molecule has 43 heavy (non-hydrogen) atoms. The van der Waals surface area contributed by atoms with Gasteiger partial charge in [0.15, 0.2) is 0 Å². The molecule has 2 heterocycles. The molecule has 1 saturated heterocycles. The van der Waals surface area contributed by atoms with Crippen LogP contribution in [0.5, 0.6) is 11.5 Å². The molecule has 3 amide bonds. The van der Waals surface area contributed by atoms with Gasteiger partial charge in [0.2, 0.25) is 5.91 Å². The first-order valence-corrected chi connectivity index (χ1v) is 15.3. The number of rotatable bonds is 7. The van der Waals surface area contributed by atoms with E-state index in [9.17, 15) is 9.59 Å². The lowest BCUT2D eigenvalue weighted by Crippen LogP contribution is -2.54. The summed E-state index contributed by atoms with van der Waals surface area (Å²) in [4.78, 5) is 37.2. The number of ether oxygens (including phenoxy) is 2. The Balaban J connectivity index is 1.66. The number of carbonyl (C=O) groups is 2. The molecule has 3 aromatic carbocycles. The van der Waals surface area contributed by atoms with Crippen LogP contribution in [0.25, 0.3) is 0 Å². The third-order valence-corrected chi connectivity index (χ3v) is 8.06. The number of halogens is 2. The average molecular weight is 624 g/mol. The molecule has 8 nitrogen and oxygen atoms in total. The van der Waals surface area contributed by atoms with Crippen molar-refractivity contribution < 1.29 is 19.1 Å². The van der Waals surface area contributed by atoms with Crippen molar-refractivity contribution in [3.63, 3.8) is 0 Å². The van der Waals surface area contributed by atoms with E-state index >= 15 is 0 Å². The summed E-state index contributed by atoms with van der Waals surface area (Å²) in [5.41, 5.74) is 2.48. The van der Waals surface area contributed by atoms with Crippen molar-refractivity contribution in [2.45, 2.75) is 45.9 Å². The molecular weight excluding hydrogens is 587 g/mol. The minimum absolute atomic E-state index is 0.00206. The molecule has 2 aliphatic rings. The third kappa shape index (κ3) is 6.76. The molecule has 3 aromatic rings. The Kier molecular flexibility index (Phi) is 9.47. The van der Waals surface area contributed by atoms with Crippen LogP contribution in [0.2, 0.25) is 10.0 Å². The third-order valence-electron chi connectivity index (χ3n) is 7.56. The molecule has 1 fully saturated rings. The Hall–Kier alpha value is -3.75. The number of aliphatic imine (C=N–C) groups is 1. The summed E-state index contributed by atoms with van der Waals surface area (Å²) >= 11 is 12.6. The summed E-state index contributed by atoms with van der Waals surface area (Å²) in [7, 11) is 0. The van der Waals surface area contributed by atoms with Gasteiger partial charge in [-0.2, -0.15) is 0 Å². The van der Waals surface area contributed by atoms with Gasteiger partial charge in [0.1, 0.15) is 23.4 Å². The number of hydrogen-bond acceptors (Lipinski definition) is 5. The van der Waals surface area contributed by atoms with Gasteiger partial charge in [-0.1, -0.05) is 47.5 Å². The number of piperazine rings is 1. The second-order valence-electron chi connectivity index (χ2n) is 10.8. The monoisotopic (exact) mass is 622 g/mol. The zero-order chi connectivity index (χ0) is 30.7. The van der Waals surface area contributed by atoms with Crippen LogP contribution in [0.15, 0.2) is 71.7 Å². The highest BCUT2D eigenvalue weighted by Gasteiger charge is 2.45. The first kappa shape index (κ1) is 30.7. The zero-order valence-electron chi connectivity index (χ0n) is 24.8. The van der Waals surface area contributed by atoms with E-state index in [0.717, 1.165) is 11.1 Å². The highest BCUT2D eigenvalue weighted by atomic mass is 35.5. The molecule has 0 aliphatic carbocycles. The standard InChI is InChI=1S/C33H36Cl2N4O4/c1-5-42-27-14-15-28(29(20-27)43-21(2)3)32-36-30(23-6-10-25(34)11-7-23)31(24-8-12-26(35)13-9-24)39(32)33(41)38-18-16-37(17-19-38)22(4)40/h6-15,20-21,30-31H,5,16-19H2,1-4H3. The number of amides is 3. The Labute approximate surface area is 262 Å². The number of urea groups is 1. The Morgan fingerprint density at radius 1 is 0.884 bits per heavy atom. The van der Waals surface area contributed by atoms with Gasteiger partial charge >= 0.3 is 6.03 Å².